The van der Waals surface area contributed by atoms with E-state index in [1.54, 1.807) is 6.92 Å². The van der Waals surface area contributed by atoms with Gasteiger partial charge in [0.15, 0.2) is 17.9 Å². The van der Waals surface area contributed by atoms with Crippen molar-refractivity contribution in [2.24, 2.45) is 0 Å². The first-order valence-corrected chi connectivity index (χ1v) is 4.85. The quantitative estimate of drug-likeness (QED) is 0.821. The van der Waals surface area contributed by atoms with Gasteiger partial charge in [0.25, 0.3) is 5.91 Å². The van der Waals surface area contributed by atoms with Crippen molar-refractivity contribution in [1.29, 1.82) is 0 Å². The van der Waals surface area contributed by atoms with Crippen molar-refractivity contribution < 1.29 is 19.1 Å². The van der Waals surface area contributed by atoms with E-state index >= 15 is 0 Å². The smallest absolute Gasteiger partial charge is 0.358 e. The minimum atomic E-state index is -1.28. The van der Waals surface area contributed by atoms with Gasteiger partial charge in [-0.1, -0.05) is 0 Å². The van der Waals surface area contributed by atoms with Crippen LogP contribution < -0.4 is 5.32 Å². The van der Waals surface area contributed by atoms with Crippen LogP contribution in [-0.4, -0.2) is 31.9 Å². The molecule has 0 fully saturated rings. The number of rotatable bonds is 3. The van der Waals surface area contributed by atoms with Gasteiger partial charge in [-0.15, -0.1) is 0 Å². The summed E-state index contributed by atoms with van der Waals surface area (Å²) in [6, 6.07) is 0. The Kier molecular flexibility index (Phi) is 3.00. The Labute approximate surface area is 101 Å². The van der Waals surface area contributed by atoms with Gasteiger partial charge >= 0.3 is 5.97 Å². The Hall–Kier alpha value is -2.77. The van der Waals surface area contributed by atoms with Gasteiger partial charge in [0.2, 0.25) is 5.76 Å². The molecule has 18 heavy (non-hydrogen) atoms. The van der Waals surface area contributed by atoms with Gasteiger partial charge in [0, 0.05) is 12.4 Å². The van der Waals surface area contributed by atoms with Crippen LogP contribution >= 0.6 is 0 Å². The molecule has 8 nitrogen and oxygen atoms in total. The number of carboxylic acids is 1. The molecule has 2 heterocycles. The second-order valence-electron chi connectivity index (χ2n) is 3.28. The highest BCUT2D eigenvalue weighted by Crippen LogP contribution is 2.12. The number of oxazole rings is 1. The molecule has 0 aliphatic heterocycles. The van der Waals surface area contributed by atoms with Crippen molar-refractivity contribution in [3.8, 4) is 0 Å². The van der Waals surface area contributed by atoms with E-state index in [-0.39, 0.29) is 17.3 Å². The summed E-state index contributed by atoms with van der Waals surface area (Å²) in [7, 11) is 0. The molecule has 0 spiro atoms. The highest BCUT2D eigenvalue weighted by atomic mass is 16.4. The largest absolute Gasteiger partial charge is 0.476 e. The number of aromatic nitrogens is 3. The summed E-state index contributed by atoms with van der Waals surface area (Å²) in [6.07, 6.45) is 3.62. The third-order valence-corrected chi connectivity index (χ3v) is 2.08. The van der Waals surface area contributed by atoms with Crippen LogP contribution in [0.3, 0.4) is 0 Å². The summed E-state index contributed by atoms with van der Waals surface area (Å²) >= 11 is 0. The number of aromatic carboxylic acids is 1. The Morgan fingerprint density at radius 3 is 2.61 bits per heavy atom. The third kappa shape index (κ3) is 2.17. The fourth-order valence-electron chi connectivity index (χ4n) is 1.27. The number of nitrogens with one attached hydrogen (secondary N) is 1. The third-order valence-electron chi connectivity index (χ3n) is 2.08. The first-order chi connectivity index (χ1) is 8.59. The van der Waals surface area contributed by atoms with Crippen LogP contribution in [0.1, 0.15) is 26.7 Å². The van der Waals surface area contributed by atoms with Crippen molar-refractivity contribution in [2.75, 3.05) is 5.32 Å². The van der Waals surface area contributed by atoms with Gasteiger partial charge in [-0.2, -0.15) is 0 Å². The number of carbonyl (C=O) groups is 2. The van der Waals surface area contributed by atoms with Crippen LogP contribution in [0.2, 0.25) is 0 Å². The lowest BCUT2D eigenvalue weighted by atomic mass is 10.3. The van der Waals surface area contributed by atoms with Crippen LogP contribution in [0.15, 0.2) is 23.2 Å². The van der Waals surface area contributed by atoms with Gasteiger partial charge in [-0.3, -0.25) is 4.79 Å². The fourth-order valence-corrected chi connectivity index (χ4v) is 1.27. The van der Waals surface area contributed by atoms with E-state index in [1.165, 1.54) is 12.4 Å². The van der Waals surface area contributed by atoms with E-state index in [4.69, 9.17) is 9.52 Å². The number of carbonyl (C=O) groups excluding carboxylic acids is 1. The summed E-state index contributed by atoms with van der Waals surface area (Å²) in [6.45, 7) is 1.59. The number of amides is 1. The molecule has 0 saturated heterocycles. The number of carboxylic acid groups (broad SMARTS) is 1. The van der Waals surface area contributed by atoms with Crippen LogP contribution in [0, 0.1) is 6.92 Å². The van der Waals surface area contributed by atoms with E-state index in [0.717, 1.165) is 6.39 Å². The molecule has 0 saturated carbocycles. The van der Waals surface area contributed by atoms with Crippen LogP contribution in [0.4, 0.5) is 5.82 Å². The predicted octanol–water partition coefficient (Wildman–Crippen LogP) is 0.724. The number of aryl methyl sites for hydroxylation is 1. The summed E-state index contributed by atoms with van der Waals surface area (Å²) in [4.78, 5) is 33.7. The van der Waals surface area contributed by atoms with Crippen molar-refractivity contribution in [3.05, 3.63) is 35.9 Å². The van der Waals surface area contributed by atoms with Gasteiger partial charge in [-0.25, -0.2) is 19.7 Å². The number of anilines is 1. The van der Waals surface area contributed by atoms with Crippen molar-refractivity contribution in [2.45, 2.75) is 6.92 Å². The first-order valence-electron chi connectivity index (χ1n) is 4.85. The van der Waals surface area contributed by atoms with E-state index < -0.39 is 11.9 Å². The minimum Gasteiger partial charge on any atom is -0.476 e. The minimum absolute atomic E-state index is 0.00279. The molecule has 0 radical (unpaired) electrons. The summed E-state index contributed by atoms with van der Waals surface area (Å²) in [5.74, 6) is -2.07. The van der Waals surface area contributed by atoms with Crippen LogP contribution in [0.25, 0.3) is 0 Å². The molecule has 0 bridgehead atoms. The Morgan fingerprint density at radius 2 is 2.00 bits per heavy atom. The topological polar surface area (TPSA) is 118 Å². The maximum Gasteiger partial charge on any atom is 0.358 e. The molecule has 0 atom stereocenters. The monoisotopic (exact) mass is 248 g/mol. The molecule has 2 aromatic heterocycles. The molecular formula is C10H8N4O4. The lowest BCUT2D eigenvalue weighted by Crippen LogP contribution is -2.17. The van der Waals surface area contributed by atoms with E-state index in [1.807, 2.05) is 0 Å². The molecule has 8 heteroatoms. The molecule has 0 aromatic carbocycles. The normalized spacial score (nSPS) is 10.1. The summed E-state index contributed by atoms with van der Waals surface area (Å²) in [5.41, 5.74) is 0.0521. The Morgan fingerprint density at radius 1 is 1.28 bits per heavy atom. The lowest BCUT2D eigenvalue weighted by molar-refractivity contribution is 0.0691. The average Bonchev–Trinajstić information content (AvgIpc) is 2.76. The van der Waals surface area contributed by atoms with Gasteiger partial charge in [0.05, 0.1) is 5.69 Å². The maximum atomic E-state index is 11.8. The van der Waals surface area contributed by atoms with Crippen LogP contribution in [-0.2, 0) is 0 Å². The van der Waals surface area contributed by atoms with Gasteiger partial charge in [-0.05, 0) is 6.92 Å². The van der Waals surface area contributed by atoms with E-state index in [9.17, 15) is 9.59 Å². The van der Waals surface area contributed by atoms with E-state index in [0.29, 0.717) is 5.69 Å². The molecule has 2 aromatic rings. The standard InChI is InChI=1S/C10H8N4O4/c1-5-7(18-4-13-5)9(15)14-8-6(10(16)17)11-2-3-12-8/h2-4H,1H3,(H,16,17)(H,12,14,15). The highest BCUT2D eigenvalue weighted by Gasteiger charge is 2.19. The molecule has 2 N–H and O–H groups in total. The van der Waals surface area contributed by atoms with Crippen molar-refractivity contribution in [1.82, 2.24) is 15.0 Å². The first kappa shape index (κ1) is 11.7. The lowest BCUT2D eigenvalue weighted by Gasteiger charge is -2.04. The van der Waals surface area contributed by atoms with Crippen LogP contribution in [0.5, 0.6) is 0 Å². The summed E-state index contributed by atoms with van der Waals surface area (Å²) in [5, 5.41) is 11.2. The summed E-state index contributed by atoms with van der Waals surface area (Å²) < 4.78 is 4.88. The Balaban J connectivity index is 2.28. The zero-order valence-electron chi connectivity index (χ0n) is 9.25. The maximum absolute atomic E-state index is 11.8. The predicted molar refractivity (Wildman–Crippen MR) is 58.2 cm³/mol. The van der Waals surface area contributed by atoms with E-state index in [2.05, 4.69) is 20.3 Å². The molecule has 0 unspecified atom stereocenters. The second kappa shape index (κ2) is 4.62. The molecule has 1 amide bonds. The fraction of sp³-hybridized carbons (Fsp3) is 0.100. The average molecular weight is 248 g/mol. The SMILES string of the molecule is Cc1ncoc1C(=O)Nc1nccnc1C(=O)O. The van der Waals surface area contributed by atoms with Gasteiger partial charge in [0.1, 0.15) is 0 Å². The number of hydrogen-bond donors (Lipinski definition) is 2. The molecular weight excluding hydrogens is 240 g/mol. The Bertz CT molecular complexity index is 607. The van der Waals surface area contributed by atoms with Crippen molar-refractivity contribution in [3.63, 3.8) is 0 Å². The van der Waals surface area contributed by atoms with Gasteiger partial charge < -0.3 is 14.8 Å². The zero-order valence-corrected chi connectivity index (χ0v) is 9.25. The molecule has 92 valence electrons. The zero-order chi connectivity index (χ0) is 13.1. The number of hydrogen-bond acceptors (Lipinski definition) is 6. The molecule has 2 rings (SSSR count). The van der Waals surface area contributed by atoms with Crippen molar-refractivity contribution >= 4 is 17.7 Å². The number of nitrogens with zero attached hydrogens (tertiary/aromatic N) is 3. The molecule has 0 aliphatic rings. The second-order valence-corrected chi connectivity index (χ2v) is 3.28. The highest BCUT2D eigenvalue weighted by molar-refractivity contribution is 6.05. The molecule has 0 aliphatic carbocycles.